The minimum Gasteiger partial charge on any atom is -0.449 e. The number of carbonyl (C=O) groups is 1. The van der Waals surface area contributed by atoms with Gasteiger partial charge in [0.15, 0.2) is 0 Å². The van der Waals surface area contributed by atoms with Gasteiger partial charge in [-0.15, -0.1) is 0 Å². The Labute approximate surface area is 117 Å². The van der Waals surface area contributed by atoms with Crippen LogP contribution < -0.4 is 5.59 Å². The molecular weight excluding hydrogens is 257 g/mol. The second-order valence-corrected chi connectivity index (χ2v) is 4.81. The SMILES string of the molecule is CCCCOC(=O)n1c(B(O)O)cc2cc(C)ccc21. The van der Waals surface area contributed by atoms with Crippen LogP contribution in [0, 0.1) is 6.92 Å². The topological polar surface area (TPSA) is 71.7 Å². The standard InChI is InChI=1S/C14H18BNO4/c1-3-4-7-20-14(17)16-12-6-5-10(2)8-11(12)9-13(16)15(18)19/h5-6,8-9,18-19H,3-4,7H2,1-2H3. The number of hydrogen-bond donors (Lipinski definition) is 2. The second-order valence-electron chi connectivity index (χ2n) is 4.81. The van der Waals surface area contributed by atoms with Crippen molar-refractivity contribution in [2.24, 2.45) is 0 Å². The molecule has 2 rings (SSSR count). The fourth-order valence-electron chi connectivity index (χ4n) is 2.12. The van der Waals surface area contributed by atoms with Gasteiger partial charge >= 0.3 is 13.2 Å². The first-order valence-corrected chi connectivity index (χ1v) is 6.70. The number of aryl methyl sites for hydroxylation is 1. The molecule has 0 bridgehead atoms. The highest BCUT2D eigenvalue weighted by Gasteiger charge is 2.24. The Morgan fingerprint density at radius 1 is 1.35 bits per heavy atom. The number of carbonyl (C=O) groups excluding carboxylic acids is 1. The second kappa shape index (κ2) is 6.11. The number of unbranched alkanes of at least 4 members (excludes halogenated alkanes) is 1. The highest BCUT2D eigenvalue weighted by Crippen LogP contribution is 2.17. The van der Waals surface area contributed by atoms with Crippen molar-refractivity contribution in [2.45, 2.75) is 26.7 Å². The summed E-state index contributed by atoms with van der Waals surface area (Å²) in [6.07, 6.45) is 1.12. The van der Waals surface area contributed by atoms with Crippen molar-refractivity contribution in [2.75, 3.05) is 6.61 Å². The van der Waals surface area contributed by atoms with Crippen molar-refractivity contribution in [3.8, 4) is 0 Å². The maximum atomic E-state index is 12.1. The van der Waals surface area contributed by atoms with Gasteiger partial charge in [0.2, 0.25) is 0 Å². The van der Waals surface area contributed by atoms with Crippen LogP contribution in [0.4, 0.5) is 4.79 Å². The maximum Gasteiger partial charge on any atom is 0.506 e. The molecule has 2 aromatic rings. The number of hydrogen-bond acceptors (Lipinski definition) is 4. The first-order valence-electron chi connectivity index (χ1n) is 6.70. The fourth-order valence-corrected chi connectivity index (χ4v) is 2.12. The third-order valence-corrected chi connectivity index (χ3v) is 3.16. The molecule has 0 saturated heterocycles. The molecule has 0 spiro atoms. The van der Waals surface area contributed by atoms with Gasteiger partial charge in [0, 0.05) is 5.39 Å². The summed E-state index contributed by atoms with van der Waals surface area (Å²) < 4.78 is 6.38. The van der Waals surface area contributed by atoms with Crippen molar-refractivity contribution >= 4 is 29.7 Å². The van der Waals surface area contributed by atoms with Gasteiger partial charge in [-0.3, -0.25) is 4.57 Å². The van der Waals surface area contributed by atoms with E-state index in [0.29, 0.717) is 12.1 Å². The summed E-state index contributed by atoms with van der Waals surface area (Å²) in [6, 6.07) is 7.12. The van der Waals surface area contributed by atoms with Crippen molar-refractivity contribution in [1.29, 1.82) is 0 Å². The largest absolute Gasteiger partial charge is 0.506 e. The molecule has 2 N–H and O–H groups in total. The van der Waals surface area contributed by atoms with Gasteiger partial charge in [-0.1, -0.05) is 25.0 Å². The molecule has 0 saturated carbocycles. The van der Waals surface area contributed by atoms with Gasteiger partial charge in [-0.05, 0) is 31.5 Å². The van der Waals surface area contributed by atoms with E-state index in [1.807, 2.05) is 26.0 Å². The van der Waals surface area contributed by atoms with Gasteiger partial charge < -0.3 is 14.8 Å². The van der Waals surface area contributed by atoms with E-state index in [-0.39, 0.29) is 5.59 Å². The van der Waals surface area contributed by atoms with Crippen LogP contribution in [0.3, 0.4) is 0 Å². The number of nitrogens with zero attached hydrogens (tertiary/aromatic N) is 1. The number of rotatable bonds is 4. The highest BCUT2D eigenvalue weighted by atomic mass is 16.5. The summed E-state index contributed by atoms with van der Waals surface area (Å²) in [7, 11) is -1.72. The third kappa shape index (κ3) is 2.86. The lowest BCUT2D eigenvalue weighted by molar-refractivity contribution is 0.147. The number of aromatic nitrogens is 1. The molecule has 6 heteroatoms. The summed E-state index contributed by atoms with van der Waals surface area (Å²) in [4.78, 5) is 12.1. The summed E-state index contributed by atoms with van der Waals surface area (Å²) >= 11 is 0. The number of benzene rings is 1. The van der Waals surface area contributed by atoms with E-state index in [9.17, 15) is 14.8 Å². The zero-order chi connectivity index (χ0) is 14.7. The van der Waals surface area contributed by atoms with E-state index in [1.54, 1.807) is 12.1 Å². The van der Waals surface area contributed by atoms with Crippen molar-refractivity contribution in [1.82, 2.24) is 4.57 Å². The number of fused-ring (bicyclic) bond motifs is 1. The Hall–Kier alpha value is -1.79. The normalized spacial score (nSPS) is 10.8. The first-order chi connectivity index (χ1) is 9.54. The molecular formula is C14H18BNO4. The predicted molar refractivity (Wildman–Crippen MR) is 78.2 cm³/mol. The molecule has 0 fully saturated rings. The van der Waals surface area contributed by atoms with Crippen molar-refractivity contribution < 1.29 is 19.6 Å². The van der Waals surface area contributed by atoms with E-state index in [0.717, 1.165) is 23.8 Å². The van der Waals surface area contributed by atoms with Gasteiger partial charge in [0.1, 0.15) is 0 Å². The predicted octanol–water partition coefficient (Wildman–Crippen LogP) is 1.41. The van der Waals surface area contributed by atoms with E-state index in [2.05, 4.69) is 0 Å². The third-order valence-electron chi connectivity index (χ3n) is 3.16. The fraction of sp³-hybridized carbons (Fsp3) is 0.357. The van der Waals surface area contributed by atoms with Crippen molar-refractivity contribution in [3.05, 3.63) is 29.8 Å². The molecule has 5 nitrogen and oxygen atoms in total. The lowest BCUT2D eigenvalue weighted by atomic mass is 9.86. The lowest BCUT2D eigenvalue weighted by Crippen LogP contribution is -2.39. The Kier molecular flexibility index (Phi) is 4.47. The Balaban J connectivity index is 2.43. The maximum absolute atomic E-state index is 12.1. The first kappa shape index (κ1) is 14.6. The average molecular weight is 275 g/mol. The summed E-state index contributed by atoms with van der Waals surface area (Å²) in [6.45, 7) is 4.26. The summed E-state index contributed by atoms with van der Waals surface area (Å²) in [5, 5.41) is 19.6. The Bertz CT molecular complexity index is 621. The summed E-state index contributed by atoms with van der Waals surface area (Å²) in [5.41, 5.74) is 1.76. The van der Waals surface area contributed by atoms with Crippen LogP contribution in [0.1, 0.15) is 25.3 Å². The van der Waals surface area contributed by atoms with E-state index in [1.165, 1.54) is 4.57 Å². The minimum atomic E-state index is -1.72. The van der Waals surface area contributed by atoms with E-state index < -0.39 is 13.2 Å². The molecule has 1 aromatic carbocycles. The molecule has 106 valence electrons. The minimum absolute atomic E-state index is 0.118. The van der Waals surface area contributed by atoms with Crippen LogP contribution in [0.15, 0.2) is 24.3 Å². The highest BCUT2D eigenvalue weighted by molar-refractivity contribution is 6.59. The monoisotopic (exact) mass is 275 g/mol. The van der Waals surface area contributed by atoms with Gasteiger partial charge in [0.05, 0.1) is 17.7 Å². The average Bonchev–Trinajstić information content (AvgIpc) is 2.77. The lowest BCUT2D eigenvalue weighted by Gasteiger charge is -2.09. The van der Waals surface area contributed by atoms with Gasteiger partial charge in [-0.2, -0.15) is 0 Å². The molecule has 0 aliphatic heterocycles. The molecule has 0 amide bonds. The molecule has 20 heavy (non-hydrogen) atoms. The number of ether oxygens (including phenoxy) is 1. The van der Waals surface area contributed by atoms with Crippen molar-refractivity contribution in [3.63, 3.8) is 0 Å². The van der Waals surface area contributed by atoms with Gasteiger partial charge in [-0.25, -0.2) is 4.79 Å². The molecule has 0 aliphatic carbocycles. The zero-order valence-electron chi connectivity index (χ0n) is 11.7. The smallest absolute Gasteiger partial charge is 0.449 e. The van der Waals surface area contributed by atoms with Crippen LogP contribution in [-0.2, 0) is 4.74 Å². The van der Waals surface area contributed by atoms with Crippen LogP contribution in [0.5, 0.6) is 0 Å². The molecule has 0 unspecified atom stereocenters. The van der Waals surface area contributed by atoms with Crippen LogP contribution in [-0.4, -0.2) is 34.4 Å². The van der Waals surface area contributed by atoms with Gasteiger partial charge in [0.25, 0.3) is 0 Å². The van der Waals surface area contributed by atoms with Crippen LogP contribution >= 0.6 is 0 Å². The quantitative estimate of drug-likeness (QED) is 0.653. The Morgan fingerprint density at radius 3 is 2.75 bits per heavy atom. The Morgan fingerprint density at radius 2 is 2.10 bits per heavy atom. The van der Waals surface area contributed by atoms with E-state index >= 15 is 0 Å². The molecule has 0 aliphatic rings. The molecule has 1 aromatic heterocycles. The summed E-state index contributed by atoms with van der Waals surface area (Å²) in [5.74, 6) is 0. The van der Waals surface area contributed by atoms with Crippen LogP contribution in [0.25, 0.3) is 10.9 Å². The molecule has 0 atom stereocenters. The molecule has 1 heterocycles. The zero-order valence-corrected chi connectivity index (χ0v) is 11.7. The van der Waals surface area contributed by atoms with E-state index in [4.69, 9.17) is 4.74 Å². The molecule has 0 radical (unpaired) electrons. The van der Waals surface area contributed by atoms with Crippen LogP contribution in [0.2, 0.25) is 0 Å².